The van der Waals surface area contributed by atoms with E-state index in [4.69, 9.17) is 39.8 Å². The number of fused-ring (bicyclic) bond motifs is 1. The van der Waals surface area contributed by atoms with Crippen molar-refractivity contribution >= 4 is 51.6 Å². The number of anilines is 2. The van der Waals surface area contributed by atoms with Gasteiger partial charge in [0.15, 0.2) is 0 Å². The average Bonchev–Trinajstić information content (AvgIpc) is 3.43. The number of benzene rings is 1. The number of nitrogens with one attached hydrogen (secondary N) is 1. The lowest BCUT2D eigenvalue weighted by molar-refractivity contribution is 0.0696. The van der Waals surface area contributed by atoms with Gasteiger partial charge in [0, 0.05) is 36.5 Å². The van der Waals surface area contributed by atoms with E-state index in [-0.39, 0.29) is 11.6 Å². The molecule has 0 radical (unpaired) electrons. The molecule has 1 aliphatic heterocycles. The van der Waals surface area contributed by atoms with E-state index in [1.165, 1.54) is 12.4 Å². The lowest BCUT2D eigenvalue weighted by Gasteiger charge is -2.33. The van der Waals surface area contributed by atoms with Crippen LogP contribution in [0.25, 0.3) is 11.0 Å². The summed E-state index contributed by atoms with van der Waals surface area (Å²) in [6.07, 6.45) is 8.38. The zero-order valence-electron chi connectivity index (χ0n) is 18.3. The number of H-pyrrole nitrogens is 1. The van der Waals surface area contributed by atoms with Crippen molar-refractivity contribution in [2.24, 2.45) is 5.73 Å². The smallest absolute Gasteiger partial charge is 0.338 e. The number of pyridine rings is 1. The van der Waals surface area contributed by atoms with Crippen LogP contribution >= 0.6 is 23.2 Å². The van der Waals surface area contributed by atoms with Crippen LogP contribution < -0.4 is 16.4 Å². The molecule has 0 unspecified atom stereocenters. The van der Waals surface area contributed by atoms with Crippen LogP contribution in [0, 0.1) is 0 Å². The second kappa shape index (κ2) is 10.3. The number of nitrogens with two attached hydrogens (primary N) is 2. The van der Waals surface area contributed by atoms with Gasteiger partial charge >= 0.3 is 5.97 Å². The predicted octanol–water partition coefficient (Wildman–Crippen LogP) is 4.01. The minimum atomic E-state index is -0.970. The van der Waals surface area contributed by atoms with Crippen LogP contribution in [0.1, 0.15) is 28.8 Å². The van der Waals surface area contributed by atoms with Crippen molar-refractivity contribution in [1.29, 1.82) is 0 Å². The van der Waals surface area contributed by atoms with Crippen molar-refractivity contribution in [3.63, 3.8) is 0 Å². The summed E-state index contributed by atoms with van der Waals surface area (Å²) in [6.45, 7) is 2.30. The monoisotopic (exact) mass is 501 g/mol. The quantitative estimate of drug-likeness (QED) is 0.331. The molecule has 1 atom stereocenters. The SMILES string of the molecule is Nc1c[nH]c2ncc(Cl)c(N3CCC[C@@H](N)C3)c12.O=C(O)c1cnn(Cc2ccc(Cl)cc2)c1. The molecule has 0 aliphatic carbocycles. The number of halogens is 2. The fourth-order valence-electron chi connectivity index (χ4n) is 3.94. The molecular formula is C23H25Cl2N7O2. The number of hydrogen-bond donors (Lipinski definition) is 4. The van der Waals surface area contributed by atoms with Crippen molar-refractivity contribution in [1.82, 2.24) is 19.7 Å². The third-order valence-corrected chi connectivity index (χ3v) is 6.10. The maximum absolute atomic E-state index is 10.6. The van der Waals surface area contributed by atoms with Crippen LogP contribution in [0.3, 0.4) is 0 Å². The van der Waals surface area contributed by atoms with Gasteiger partial charge in [0.05, 0.1) is 46.3 Å². The molecule has 1 aromatic carbocycles. The van der Waals surface area contributed by atoms with Gasteiger partial charge in [0.1, 0.15) is 5.65 Å². The summed E-state index contributed by atoms with van der Waals surface area (Å²) in [7, 11) is 0. The molecule has 34 heavy (non-hydrogen) atoms. The molecule has 6 N–H and O–H groups in total. The maximum Gasteiger partial charge on any atom is 0.338 e. The van der Waals surface area contributed by atoms with E-state index >= 15 is 0 Å². The molecule has 11 heteroatoms. The first-order valence-electron chi connectivity index (χ1n) is 10.7. The fourth-order valence-corrected chi connectivity index (χ4v) is 4.33. The van der Waals surface area contributed by atoms with Gasteiger partial charge in [-0.05, 0) is 30.5 Å². The molecule has 5 rings (SSSR count). The van der Waals surface area contributed by atoms with Crippen molar-refractivity contribution in [2.75, 3.05) is 23.7 Å². The highest BCUT2D eigenvalue weighted by molar-refractivity contribution is 6.35. The normalized spacial score (nSPS) is 15.7. The number of carboxylic acids is 1. The van der Waals surface area contributed by atoms with Crippen LogP contribution in [-0.4, -0.2) is 50.0 Å². The van der Waals surface area contributed by atoms with E-state index in [9.17, 15) is 4.79 Å². The van der Waals surface area contributed by atoms with E-state index in [0.29, 0.717) is 22.3 Å². The minimum Gasteiger partial charge on any atom is -0.478 e. The Bertz CT molecular complexity index is 1290. The largest absolute Gasteiger partial charge is 0.478 e. The van der Waals surface area contributed by atoms with Gasteiger partial charge < -0.3 is 26.5 Å². The molecule has 4 aromatic rings. The first kappa shape index (κ1) is 23.9. The van der Waals surface area contributed by atoms with E-state index in [1.807, 2.05) is 12.1 Å². The van der Waals surface area contributed by atoms with Crippen LogP contribution in [0.2, 0.25) is 10.0 Å². The maximum atomic E-state index is 10.6. The van der Waals surface area contributed by atoms with E-state index in [1.54, 1.807) is 29.2 Å². The van der Waals surface area contributed by atoms with Crippen LogP contribution in [0.5, 0.6) is 0 Å². The topological polar surface area (TPSA) is 139 Å². The second-order valence-corrected chi connectivity index (χ2v) is 8.97. The van der Waals surface area contributed by atoms with Crippen LogP contribution in [0.4, 0.5) is 11.4 Å². The molecule has 0 spiro atoms. The molecule has 0 saturated carbocycles. The van der Waals surface area contributed by atoms with Crippen molar-refractivity contribution < 1.29 is 9.90 Å². The Labute approximate surface area is 206 Å². The molecule has 1 saturated heterocycles. The lowest BCUT2D eigenvalue weighted by atomic mass is 10.1. The molecule has 9 nitrogen and oxygen atoms in total. The number of aromatic carboxylic acids is 1. The Morgan fingerprint density at radius 2 is 2.00 bits per heavy atom. The highest BCUT2D eigenvalue weighted by Gasteiger charge is 2.22. The Morgan fingerprint density at radius 1 is 1.24 bits per heavy atom. The first-order chi connectivity index (χ1) is 16.3. The first-order valence-corrected chi connectivity index (χ1v) is 11.5. The summed E-state index contributed by atoms with van der Waals surface area (Å²) in [4.78, 5) is 20.2. The zero-order valence-corrected chi connectivity index (χ0v) is 19.8. The van der Waals surface area contributed by atoms with Gasteiger partial charge in [-0.3, -0.25) is 4.68 Å². The van der Waals surface area contributed by atoms with Gasteiger partial charge in [0.25, 0.3) is 0 Å². The van der Waals surface area contributed by atoms with Gasteiger partial charge in [-0.15, -0.1) is 0 Å². The fraction of sp³-hybridized carbons (Fsp3) is 0.261. The van der Waals surface area contributed by atoms with Crippen molar-refractivity contribution in [3.05, 3.63) is 70.2 Å². The molecule has 4 heterocycles. The molecule has 1 fully saturated rings. The number of piperidine rings is 1. The molecule has 3 aromatic heterocycles. The third kappa shape index (κ3) is 5.44. The van der Waals surface area contributed by atoms with Gasteiger partial charge in [-0.2, -0.15) is 5.10 Å². The van der Waals surface area contributed by atoms with E-state index in [2.05, 4.69) is 20.0 Å². The average molecular weight is 502 g/mol. The lowest BCUT2D eigenvalue weighted by Crippen LogP contribution is -2.43. The summed E-state index contributed by atoms with van der Waals surface area (Å²) in [5, 5.41) is 14.9. The summed E-state index contributed by atoms with van der Waals surface area (Å²) < 4.78 is 1.58. The Hall–Kier alpha value is -3.27. The molecule has 1 aliphatic rings. The molecule has 0 bridgehead atoms. The Balaban J connectivity index is 0.000000162. The van der Waals surface area contributed by atoms with Crippen LogP contribution in [0.15, 0.2) is 49.1 Å². The summed E-state index contributed by atoms with van der Waals surface area (Å²) in [5.41, 5.74) is 15.6. The standard InChI is InChI=1S/C12H16ClN5.C11H9ClN2O2/c13-8-4-16-12-10(9(15)5-17-12)11(8)18-3-1-2-7(14)6-18;12-10-3-1-8(2-4-10)6-14-7-9(5-13-14)11(15)16/h4-5,7H,1-3,6,14-15H2,(H,16,17);1-5,7H,6H2,(H,15,16)/t7-;/m1./s1. The Kier molecular flexibility index (Phi) is 7.26. The number of aromatic nitrogens is 4. The summed E-state index contributed by atoms with van der Waals surface area (Å²) in [5.74, 6) is -0.970. The molecule has 0 amide bonds. The number of carbonyl (C=O) groups is 1. The highest BCUT2D eigenvalue weighted by atomic mass is 35.5. The van der Waals surface area contributed by atoms with Gasteiger partial charge in [-0.1, -0.05) is 35.3 Å². The summed E-state index contributed by atoms with van der Waals surface area (Å²) in [6, 6.07) is 7.53. The highest BCUT2D eigenvalue weighted by Crippen LogP contribution is 2.37. The number of hydrogen-bond acceptors (Lipinski definition) is 6. The number of nitrogens with zero attached hydrogens (tertiary/aromatic N) is 4. The molecular weight excluding hydrogens is 477 g/mol. The second-order valence-electron chi connectivity index (χ2n) is 8.13. The number of aromatic amines is 1. The van der Waals surface area contributed by atoms with Gasteiger partial charge in [-0.25, -0.2) is 9.78 Å². The molecule has 178 valence electrons. The summed E-state index contributed by atoms with van der Waals surface area (Å²) >= 11 is 12.1. The number of carboxylic acid groups (broad SMARTS) is 1. The predicted molar refractivity (Wildman–Crippen MR) is 135 cm³/mol. The minimum absolute atomic E-state index is 0.189. The zero-order chi connectivity index (χ0) is 24.2. The van der Waals surface area contributed by atoms with E-state index < -0.39 is 5.97 Å². The van der Waals surface area contributed by atoms with Crippen molar-refractivity contribution in [3.8, 4) is 0 Å². The van der Waals surface area contributed by atoms with Crippen LogP contribution in [-0.2, 0) is 6.54 Å². The van der Waals surface area contributed by atoms with E-state index in [0.717, 1.165) is 48.2 Å². The Morgan fingerprint density at radius 3 is 2.68 bits per heavy atom. The third-order valence-electron chi connectivity index (χ3n) is 5.57. The number of nitrogen functional groups attached to an aromatic ring is 1. The van der Waals surface area contributed by atoms with Crippen molar-refractivity contribution in [2.45, 2.75) is 25.4 Å². The number of rotatable bonds is 4. The van der Waals surface area contributed by atoms with Gasteiger partial charge in [0.2, 0.25) is 0 Å².